The van der Waals surface area contributed by atoms with E-state index in [1.165, 1.54) is 6.07 Å². The van der Waals surface area contributed by atoms with E-state index in [0.29, 0.717) is 6.54 Å². The van der Waals surface area contributed by atoms with Gasteiger partial charge in [0.05, 0.1) is 11.1 Å². The Morgan fingerprint density at radius 1 is 1.18 bits per heavy atom. The zero-order chi connectivity index (χ0) is 12.6. The monoisotopic (exact) mass is 235 g/mol. The number of phenolic OH excluding ortho intramolecular Hbond substituents is 2. The summed E-state index contributed by atoms with van der Waals surface area (Å²) in [5, 5.41) is 18.9. The number of nitrogens with zero attached hydrogens (tertiary/aromatic N) is 1. The van der Waals surface area contributed by atoms with Crippen LogP contribution in [0.2, 0.25) is 0 Å². The number of rotatable bonds is 3. The smallest absolute Gasteiger partial charge is 0.265 e. The molecule has 1 aliphatic heterocycles. The Bertz CT molecular complexity index is 496. The molecule has 5 heteroatoms. The fourth-order valence-electron chi connectivity index (χ4n) is 1.90. The Kier molecular flexibility index (Phi) is 2.75. The summed E-state index contributed by atoms with van der Waals surface area (Å²) >= 11 is 0. The minimum absolute atomic E-state index is 0.0103. The molecule has 1 aliphatic rings. The Balaban J connectivity index is 2.42. The van der Waals surface area contributed by atoms with Crippen LogP contribution in [0, 0.1) is 0 Å². The lowest BCUT2D eigenvalue weighted by Gasteiger charge is -2.12. The molecule has 0 bridgehead atoms. The molecule has 90 valence electrons. The van der Waals surface area contributed by atoms with Crippen LogP contribution < -0.4 is 0 Å². The van der Waals surface area contributed by atoms with Gasteiger partial charge in [-0.25, -0.2) is 0 Å². The molecule has 0 atom stereocenters. The summed E-state index contributed by atoms with van der Waals surface area (Å²) in [5.74, 6) is -1.52. The second kappa shape index (κ2) is 4.08. The van der Waals surface area contributed by atoms with Crippen molar-refractivity contribution in [3.05, 3.63) is 23.3 Å². The third-order valence-corrected chi connectivity index (χ3v) is 2.77. The minimum Gasteiger partial charge on any atom is -0.508 e. The SMILES string of the molecule is CCCCN1C(=O)c2cc(O)cc(O)c2C1=O. The average molecular weight is 235 g/mol. The summed E-state index contributed by atoms with van der Waals surface area (Å²) in [6.45, 7) is 2.30. The molecule has 0 saturated heterocycles. The molecular weight excluding hydrogens is 222 g/mol. The molecule has 1 aromatic rings. The Hall–Kier alpha value is -2.04. The first-order valence-electron chi connectivity index (χ1n) is 5.48. The topological polar surface area (TPSA) is 77.8 Å². The highest BCUT2D eigenvalue weighted by Gasteiger charge is 2.37. The summed E-state index contributed by atoms with van der Waals surface area (Å²) in [6, 6.07) is 2.27. The molecule has 0 saturated carbocycles. The number of benzene rings is 1. The lowest BCUT2D eigenvalue weighted by atomic mass is 10.1. The molecule has 1 aromatic carbocycles. The van der Waals surface area contributed by atoms with Crippen molar-refractivity contribution >= 4 is 11.8 Å². The van der Waals surface area contributed by atoms with E-state index < -0.39 is 11.8 Å². The highest BCUT2D eigenvalue weighted by atomic mass is 16.3. The van der Waals surface area contributed by atoms with Gasteiger partial charge in [-0.3, -0.25) is 14.5 Å². The molecule has 0 aliphatic carbocycles. The number of hydrogen-bond donors (Lipinski definition) is 2. The standard InChI is InChI=1S/C12H13NO4/c1-2-3-4-13-11(16)8-5-7(14)6-9(15)10(8)12(13)17/h5-6,14-15H,2-4H2,1H3. The largest absolute Gasteiger partial charge is 0.508 e. The van der Waals surface area contributed by atoms with Crippen LogP contribution >= 0.6 is 0 Å². The van der Waals surface area contributed by atoms with Crippen molar-refractivity contribution in [2.45, 2.75) is 19.8 Å². The fourth-order valence-corrected chi connectivity index (χ4v) is 1.90. The molecule has 5 nitrogen and oxygen atoms in total. The van der Waals surface area contributed by atoms with Crippen LogP contribution in [0.5, 0.6) is 11.5 Å². The highest BCUT2D eigenvalue weighted by Crippen LogP contribution is 2.33. The normalized spacial score (nSPS) is 14.3. The van der Waals surface area contributed by atoms with Crippen LogP contribution in [-0.4, -0.2) is 33.5 Å². The Morgan fingerprint density at radius 3 is 2.53 bits per heavy atom. The zero-order valence-corrected chi connectivity index (χ0v) is 9.43. The van der Waals surface area contributed by atoms with Gasteiger partial charge in [-0.15, -0.1) is 0 Å². The molecule has 2 amide bonds. The van der Waals surface area contributed by atoms with Gasteiger partial charge in [0.25, 0.3) is 11.8 Å². The molecule has 17 heavy (non-hydrogen) atoms. The van der Waals surface area contributed by atoms with Crippen molar-refractivity contribution < 1.29 is 19.8 Å². The van der Waals surface area contributed by atoms with Crippen molar-refractivity contribution in [2.75, 3.05) is 6.54 Å². The average Bonchev–Trinajstić information content (AvgIpc) is 2.49. The van der Waals surface area contributed by atoms with E-state index in [2.05, 4.69) is 0 Å². The summed E-state index contributed by atoms with van der Waals surface area (Å²) < 4.78 is 0. The third-order valence-electron chi connectivity index (χ3n) is 2.77. The first kappa shape index (κ1) is 11.4. The third kappa shape index (κ3) is 1.73. The fraction of sp³-hybridized carbons (Fsp3) is 0.333. The maximum atomic E-state index is 11.9. The van der Waals surface area contributed by atoms with Gasteiger partial charge in [0.15, 0.2) is 0 Å². The molecule has 0 radical (unpaired) electrons. The quantitative estimate of drug-likeness (QED) is 0.778. The van der Waals surface area contributed by atoms with E-state index in [-0.39, 0.29) is 22.6 Å². The van der Waals surface area contributed by atoms with Crippen LogP contribution in [0.4, 0.5) is 0 Å². The number of carbonyl (C=O) groups is 2. The zero-order valence-electron chi connectivity index (χ0n) is 9.43. The maximum Gasteiger partial charge on any atom is 0.265 e. The minimum atomic E-state index is -0.490. The van der Waals surface area contributed by atoms with Crippen molar-refractivity contribution in [1.29, 1.82) is 0 Å². The predicted octanol–water partition coefficient (Wildman–Crippen LogP) is 1.49. The van der Waals surface area contributed by atoms with Crippen LogP contribution in [0.3, 0.4) is 0 Å². The first-order chi connectivity index (χ1) is 8.06. The molecule has 0 unspecified atom stereocenters. The molecule has 1 heterocycles. The lowest BCUT2D eigenvalue weighted by Crippen LogP contribution is -2.30. The number of phenols is 2. The van der Waals surface area contributed by atoms with E-state index >= 15 is 0 Å². The van der Waals surface area contributed by atoms with Crippen LogP contribution in [0.15, 0.2) is 12.1 Å². The molecule has 0 fully saturated rings. The molecule has 0 aromatic heterocycles. The number of fused-ring (bicyclic) bond motifs is 1. The first-order valence-corrected chi connectivity index (χ1v) is 5.48. The second-order valence-corrected chi connectivity index (χ2v) is 4.00. The maximum absolute atomic E-state index is 11.9. The van der Waals surface area contributed by atoms with Crippen LogP contribution in [0.1, 0.15) is 40.5 Å². The van der Waals surface area contributed by atoms with Gasteiger partial charge in [-0.1, -0.05) is 13.3 Å². The van der Waals surface area contributed by atoms with E-state index in [4.69, 9.17) is 0 Å². The molecule has 0 spiro atoms. The highest BCUT2D eigenvalue weighted by molar-refractivity contribution is 6.22. The van der Waals surface area contributed by atoms with Crippen molar-refractivity contribution in [3.8, 4) is 11.5 Å². The van der Waals surface area contributed by atoms with Crippen LogP contribution in [-0.2, 0) is 0 Å². The van der Waals surface area contributed by atoms with E-state index in [9.17, 15) is 19.8 Å². The number of hydrogen-bond acceptors (Lipinski definition) is 4. The summed E-state index contributed by atoms with van der Waals surface area (Å²) in [7, 11) is 0. The number of carbonyl (C=O) groups excluding carboxylic acids is 2. The van der Waals surface area contributed by atoms with Crippen molar-refractivity contribution in [1.82, 2.24) is 4.90 Å². The number of aromatic hydroxyl groups is 2. The van der Waals surface area contributed by atoms with Gasteiger partial charge >= 0.3 is 0 Å². The van der Waals surface area contributed by atoms with Gasteiger partial charge in [0.1, 0.15) is 11.5 Å². The summed E-state index contributed by atoms with van der Waals surface area (Å²) in [5.41, 5.74) is 0.0625. The summed E-state index contributed by atoms with van der Waals surface area (Å²) in [6.07, 6.45) is 1.59. The van der Waals surface area contributed by atoms with Crippen molar-refractivity contribution in [2.24, 2.45) is 0 Å². The van der Waals surface area contributed by atoms with E-state index in [1.807, 2.05) is 6.92 Å². The second-order valence-electron chi connectivity index (χ2n) is 4.00. The summed E-state index contributed by atoms with van der Waals surface area (Å²) in [4.78, 5) is 24.9. The van der Waals surface area contributed by atoms with E-state index in [0.717, 1.165) is 23.8 Å². The predicted molar refractivity (Wildman–Crippen MR) is 60.0 cm³/mol. The van der Waals surface area contributed by atoms with Crippen LogP contribution in [0.25, 0.3) is 0 Å². The van der Waals surface area contributed by atoms with Gasteiger partial charge in [-0.2, -0.15) is 0 Å². The van der Waals surface area contributed by atoms with E-state index in [1.54, 1.807) is 0 Å². The number of unbranched alkanes of at least 4 members (excludes halogenated alkanes) is 1. The number of amides is 2. The number of imide groups is 1. The Morgan fingerprint density at radius 2 is 1.88 bits per heavy atom. The van der Waals surface area contributed by atoms with Gasteiger partial charge in [0.2, 0.25) is 0 Å². The van der Waals surface area contributed by atoms with Crippen molar-refractivity contribution in [3.63, 3.8) is 0 Å². The van der Waals surface area contributed by atoms with Gasteiger partial charge in [0, 0.05) is 12.6 Å². The molecule has 2 rings (SSSR count). The van der Waals surface area contributed by atoms with Gasteiger partial charge in [-0.05, 0) is 12.5 Å². The molecule has 2 N–H and O–H groups in total. The molecular formula is C12H13NO4. The van der Waals surface area contributed by atoms with Gasteiger partial charge < -0.3 is 10.2 Å². The lowest BCUT2D eigenvalue weighted by molar-refractivity contribution is 0.0651. The Labute approximate surface area is 98.3 Å².